The number of nitrogens with one attached hydrogen (secondary N) is 2. The minimum absolute atomic E-state index is 0.0133. The molecule has 33 heavy (non-hydrogen) atoms. The van der Waals surface area contributed by atoms with Crippen LogP contribution in [0.1, 0.15) is 47.3 Å². The van der Waals surface area contributed by atoms with E-state index in [-0.39, 0.29) is 23.8 Å². The summed E-state index contributed by atoms with van der Waals surface area (Å²) in [6, 6.07) is 22.5. The van der Waals surface area contributed by atoms with Crippen molar-refractivity contribution in [1.29, 1.82) is 5.41 Å². The Morgan fingerprint density at radius 1 is 0.970 bits per heavy atom. The topological polar surface area (TPSA) is 110 Å². The van der Waals surface area contributed by atoms with E-state index in [9.17, 15) is 4.79 Å². The summed E-state index contributed by atoms with van der Waals surface area (Å²) < 4.78 is 2.05. The Morgan fingerprint density at radius 2 is 1.73 bits per heavy atom. The Balaban J connectivity index is 1.57. The fourth-order valence-electron chi connectivity index (χ4n) is 4.90. The lowest BCUT2D eigenvalue weighted by Gasteiger charge is -2.27. The molecule has 1 aliphatic carbocycles. The number of nitrogens with two attached hydrogens (primary N) is 2. The Labute approximate surface area is 193 Å². The van der Waals surface area contributed by atoms with Gasteiger partial charge in [0.15, 0.2) is 0 Å². The summed E-state index contributed by atoms with van der Waals surface area (Å²) in [7, 11) is 0. The molecule has 0 aliphatic heterocycles. The molecule has 0 radical (unpaired) electrons. The smallest absolute Gasteiger partial charge is 0.268 e. The van der Waals surface area contributed by atoms with Crippen LogP contribution in [-0.2, 0) is 6.54 Å². The molecule has 168 valence electrons. The zero-order valence-corrected chi connectivity index (χ0v) is 18.6. The molecule has 5 rings (SSSR count). The highest BCUT2D eigenvalue weighted by Crippen LogP contribution is 2.26. The standard InChI is InChI=1S/C27H29N5O/c28-21-10-12-22(13-11-21)31-27(33)25-14-18-8-9-19(26(29)30)15-24(18)32(25)16-20-6-3-5-17-4-1-2-7-23(17)20/h1-9,14-15,21-22H,10-13,16,28H2,(H3,29,30)(H,31,33). The first-order valence-electron chi connectivity index (χ1n) is 11.5. The average molecular weight is 440 g/mol. The minimum Gasteiger partial charge on any atom is -0.384 e. The molecule has 6 heteroatoms. The molecule has 0 saturated heterocycles. The average Bonchev–Trinajstić information content (AvgIpc) is 3.18. The van der Waals surface area contributed by atoms with Gasteiger partial charge in [0.2, 0.25) is 0 Å². The molecule has 6 nitrogen and oxygen atoms in total. The fraction of sp³-hybridized carbons (Fsp3) is 0.259. The molecule has 6 N–H and O–H groups in total. The van der Waals surface area contributed by atoms with Gasteiger partial charge in [-0.1, -0.05) is 54.6 Å². The molecule has 1 amide bonds. The van der Waals surface area contributed by atoms with Crippen molar-refractivity contribution >= 4 is 33.4 Å². The number of hydrogen-bond donors (Lipinski definition) is 4. The molecule has 4 aromatic rings. The van der Waals surface area contributed by atoms with Gasteiger partial charge in [0.05, 0.1) is 0 Å². The number of fused-ring (bicyclic) bond motifs is 2. The van der Waals surface area contributed by atoms with Crippen molar-refractivity contribution < 1.29 is 4.79 Å². The number of benzene rings is 3. The van der Waals surface area contributed by atoms with Crippen LogP contribution < -0.4 is 16.8 Å². The second kappa shape index (κ2) is 8.71. The van der Waals surface area contributed by atoms with E-state index < -0.39 is 0 Å². The predicted octanol–water partition coefficient (Wildman–Crippen LogP) is 4.13. The van der Waals surface area contributed by atoms with Crippen LogP contribution in [0.5, 0.6) is 0 Å². The Morgan fingerprint density at radius 3 is 2.52 bits per heavy atom. The maximum Gasteiger partial charge on any atom is 0.268 e. The van der Waals surface area contributed by atoms with Crippen LogP contribution in [0.15, 0.2) is 66.7 Å². The van der Waals surface area contributed by atoms with Gasteiger partial charge in [-0.15, -0.1) is 0 Å². The van der Waals surface area contributed by atoms with Crippen molar-refractivity contribution in [1.82, 2.24) is 9.88 Å². The number of carbonyl (C=O) groups is 1. The highest BCUT2D eigenvalue weighted by molar-refractivity contribution is 6.02. The number of nitrogen functional groups attached to an aromatic ring is 1. The molecular formula is C27H29N5O. The maximum atomic E-state index is 13.4. The van der Waals surface area contributed by atoms with Gasteiger partial charge in [-0.2, -0.15) is 0 Å². The third-order valence-corrected chi connectivity index (χ3v) is 6.76. The number of aromatic nitrogens is 1. The summed E-state index contributed by atoms with van der Waals surface area (Å²) in [6.07, 6.45) is 3.69. The van der Waals surface area contributed by atoms with Crippen LogP contribution >= 0.6 is 0 Å². The van der Waals surface area contributed by atoms with Crippen molar-refractivity contribution in [3.63, 3.8) is 0 Å². The maximum absolute atomic E-state index is 13.4. The lowest BCUT2D eigenvalue weighted by Crippen LogP contribution is -2.41. The number of amidine groups is 1. The highest BCUT2D eigenvalue weighted by atomic mass is 16.2. The van der Waals surface area contributed by atoms with Gasteiger partial charge in [0.1, 0.15) is 11.5 Å². The quantitative estimate of drug-likeness (QED) is 0.277. The number of rotatable bonds is 5. The summed E-state index contributed by atoms with van der Waals surface area (Å²) in [4.78, 5) is 13.4. The normalized spacial score (nSPS) is 18.5. The molecular weight excluding hydrogens is 410 g/mol. The molecule has 1 aromatic heterocycles. The van der Waals surface area contributed by atoms with Gasteiger partial charge in [0.25, 0.3) is 5.91 Å². The third-order valence-electron chi connectivity index (χ3n) is 6.76. The van der Waals surface area contributed by atoms with Gasteiger partial charge in [0, 0.05) is 35.1 Å². The number of nitrogens with zero attached hydrogens (tertiary/aromatic N) is 1. The van der Waals surface area contributed by atoms with Crippen molar-refractivity contribution in [2.75, 3.05) is 0 Å². The molecule has 1 fully saturated rings. The van der Waals surface area contributed by atoms with Crippen LogP contribution in [0, 0.1) is 5.41 Å². The summed E-state index contributed by atoms with van der Waals surface area (Å²) in [5.41, 5.74) is 15.1. The summed E-state index contributed by atoms with van der Waals surface area (Å²) >= 11 is 0. The SMILES string of the molecule is N=C(N)c1ccc2cc(C(=O)NC3CCC(N)CC3)n(Cc3cccc4ccccc34)c2c1. The number of hydrogen-bond acceptors (Lipinski definition) is 3. The van der Waals surface area contributed by atoms with Crippen molar-refractivity contribution in [3.8, 4) is 0 Å². The Kier molecular flexibility index (Phi) is 5.60. The zero-order valence-electron chi connectivity index (χ0n) is 18.6. The molecule has 0 atom stereocenters. The largest absolute Gasteiger partial charge is 0.384 e. The van der Waals surface area contributed by atoms with E-state index in [1.807, 2.05) is 41.0 Å². The third kappa shape index (κ3) is 4.22. The summed E-state index contributed by atoms with van der Waals surface area (Å²) in [5, 5.41) is 14.4. The lowest BCUT2D eigenvalue weighted by atomic mass is 9.92. The molecule has 0 spiro atoms. The second-order valence-electron chi connectivity index (χ2n) is 9.03. The van der Waals surface area contributed by atoms with E-state index in [1.54, 1.807) is 0 Å². The molecule has 1 heterocycles. The van der Waals surface area contributed by atoms with Gasteiger partial charge in [-0.25, -0.2) is 0 Å². The molecule has 0 unspecified atom stereocenters. The van der Waals surface area contributed by atoms with Crippen LogP contribution in [-0.4, -0.2) is 28.4 Å². The van der Waals surface area contributed by atoms with Crippen LogP contribution in [0.4, 0.5) is 0 Å². The molecule has 3 aromatic carbocycles. The van der Waals surface area contributed by atoms with Crippen molar-refractivity contribution in [3.05, 3.63) is 83.6 Å². The van der Waals surface area contributed by atoms with E-state index >= 15 is 0 Å². The van der Waals surface area contributed by atoms with E-state index in [2.05, 4.69) is 35.6 Å². The van der Waals surface area contributed by atoms with Gasteiger partial charge in [-0.3, -0.25) is 10.2 Å². The Bertz CT molecular complexity index is 1340. The predicted molar refractivity (Wildman–Crippen MR) is 134 cm³/mol. The van der Waals surface area contributed by atoms with Crippen molar-refractivity contribution in [2.24, 2.45) is 11.5 Å². The minimum atomic E-state index is -0.0729. The first kappa shape index (κ1) is 21.2. The van der Waals surface area contributed by atoms with E-state index in [0.717, 1.165) is 47.5 Å². The van der Waals surface area contributed by atoms with Gasteiger partial charge in [-0.05, 0) is 54.2 Å². The first-order chi connectivity index (χ1) is 16.0. The molecule has 1 saturated carbocycles. The summed E-state index contributed by atoms with van der Waals surface area (Å²) in [5.74, 6) is -0.0596. The fourth-order valence-corrected chi connectivity index (χ4v) is 4.90. The number of carbonyl (C=O) groups excluding carboxylic acids is 1. The molecule has 0 bridgehead atoms. The molecule has 1 aliphatic rings. The van der Waals surface area contributed by atoms with Crippen LogP contribution in [0.25, 0.3) is 21.7 Å². The lowest BCUT2D eigenvalue weighted by molar-refractivity contribution is 0.0917. The number of amides is 1. The van der Waals surface area contributed by atoms with Gasteiger partial charge >= 0.3 is 0 Å². The van der Waals surface area contributed by atoms with E-state index in [0.29, 0.717) is 17.8 Å². The monoisotopic (exact) mass is 439 g/mol. The zero-order chi connectivity index (χ0) is 22.9. The highest BCUT2D eigenvalue weighted by Gasteiger charge is 2.23. The van der Waals surface area contributed by atoms with E-state index in [1.165, 1.54) is 5.39 Å². The second-order valence-corrected chi connectivity index (χ2v) is 9.03. The first-order valence-corrected chi connectivity index (χ1v) is 11.5. The van der Waals surface area contributed by atoms with E-state index in [4.69, 9.17) is 16.9 Å². The summed E-state index contributed by atoms with van der Waals surface area (Å²) in [6.45, 7) is 0.546. The van der Waals surface area contributed by atoms with Gasteiger partial charge < -0.3 is 21.4 Å². The van der Waals surface area contributed by atoms with Crippen LogP contribution in [0.3, 0.4) is 0 Å². The van der Waals surface area contributed by atoms with Crippen molar-refractivity contribution in [2.45, 2.75) is 44.3 Å². The Hall–Kier alpha value is -3.64. The van der Waals surface area contributed by atoms with Crippen LogP contribution in [0.2, 0.25) is 0 Å².